The Morgan fingerprint density at radius 3 is 2.88 bits per heavy atom. The maximum absolute atomic E-state index is 6.23. The molecule has 1 aromatic carbocycles. The molecule has 0 spiro atoms. The first-order valence-electron chi connectivity index (χ1n) is 6.12. The first-order chi connectivity index (χ1) is 8.33. The van der Waals surface area contributed by atoms with Gasteiger partial charge >= 0.3 is 0 Å². The van der Waals surface area contributed by atoms with Gasteiger partial charge in [0.2, 0.25) is 0 Å². The molecule has 0 atom stereocenters. The average Bonchev–Trinajstić information content (AvgIpc) is 2.83. The zero-order valence-corrected chi connectivity index (χ0v) is 10.4. The Morgan fingerprint density at radius 1 is 1.24 bits per heavy atom. The van der Waals surface area contributed by atoms with Crippen LogP contribution in [0.4, 0.5) is 0 Å². The molecule has 0 amide bonds. The van der Waals surface area contributed by atoms with Gasteiger partial charge in [0.1, 0.15) is 18.1 Å². The zero-order valence-electron chi connectivity index (χ0n) is 9.62. The number of benzene rings is 1. The lowest BCUT2D eigenvalue weighted by Crippen LogP contribution is -2.11. The minimum Gasteiger partial charge on any atom is -0.489 e. The molecule has 0 aromatic heterocycles. The van der Waals surface area contributed by atoms with E-state index in [1.807, 2.05) is 24.3 Å². The largest absolute Gasteiger partial charge is 0.489 e. The molecule has 90 valence electrons. The number of hydrogen-bond donors (Lipinski definition) is 0. The lowest BCUT2D eigenvalue weighted by atomic mass is 10.1. The number of hydrogen-bond acceptors (Lipinski definition) is 2. The van der Waals surface area contributed by atoms with Crippen molar-refractivity contribution in [3.05, 3.63) is 28.8 Å². The van der Waals surface area contributed by atoms with Gasteiger partial charge in [-0.1, -0.05) is 17.7 Å². The molecule has 2 nitrogen and oxygen atoms in total. The maximum Gasteiger partial charge on any atom is 0.142 e. The van der Waals surface area contributed by atoms with E-state index in [4.69, 9.17) is 21.1 Å². The second-order valence-electron chi connectivity index (χ2n) is 4.56. The normalized spacial score (nSPS) is 18.9. The highest BCUT2D eigenvalue weighted by atomic mass is 35.5. The topological polar surface area (TPSA) is 18.5 Å². The first kappa shape index (κ1) is 11.0. The summed E-state index contributed by atoms with van der Waals surface area (Å²) in [5, 5.41) is 0.672. The number of ether oxygens (including phenoxy) is 2. The summed E-state index contributed by atoms with van der Waals surface area (Å²) in [4.78, 5) is 0. The minimum atomic E-state index is 0.324. The standard InChI is InChI=1S/C14H15ClO2/c15-12-8-10-4-3-7-16-13(10)9-14(12)17-11-5-1-2-6-11/h3-4,8-9,11H,1-2,5-7H2. The van der Waals surface area contributed by atoms with Crippen LogP contribution in [0.3, 0.4) is 0 Å². The first-order valence-corrected chi connectivity index (χ1v) is 6.50. The predicted octanol–water partition coefficient (Wildman–Crippen LogP) is 4.07. The highest BCUT2D eigenvalue weighted by molar-refractivity contribution is 6.32. The van der Waals surface area contributed by atoms with Crippen molar-refractivity contribution in [2.24, 2.45) is 0 Å². The molecule has 0 unspecified atom stereocenters. The summed E-state index contributed by atoms with van der Waals surface area (Å²) in [5.74, 6) is 1.62. The van der Waals surface area contributed by atoms with Crippen LogP contribution in [0, 0.1) is 0 Å². The van der Waals surface area contributed by atoms with E-state index in [0.29, 0.717) is 17.7 Å². The van der Waals surface area contributed by atoms with Gasteiger partial charge in [0.05, 0.1) is 11.1 Å². The predicted molar refractivity (Wildman–Crippen MR) is 68.9 cm³/mol. The maximum atomic E-state index is 6.23. The molecular weight excluding hydrogens is 236 g/mol. The molecule has 2 aliphatic rings. The van der Waals surface area contributed by atoms with Gasteiger partial charge in [-0.05, 0) is 37.8 Å². The van der Waals surface area contributed by atoms with Crippen LogP contribution in [0.5, 0.6) is 11.5 Å². The van der Waals surface area contributed by atoms with Crippen LogP contribution in [0.15, 0.2) is 18.2 Å². The molecular formula is C14H15ClO2. The third-order valence-electron chi connectivity index (χ3n) is 3.29. The van der Waals surface area contributed by atoms with Crippen molar-refractivity contribution >= 4 is 17.7 Å². The summed E-state index contributed by atoms with van der Waals surface area (Å²) in [7, 11) is 0. The Bertz CT molecular complexity index is 448. The van der Waals surface area contributed by atoms with Gasteiger partial charge < -0.3 is 9.47 Å². The molecule has 0 radical (unpaired) electrons. The van der Waals surface area contributed by atoms with E-state index in [2.05, 4.69) is 0 Å². The van der Waals surface area contributed by atoms with E-state index in [0.717, 1.165) is 29.9 Å². The van der Waals surface area contributed by atoms with Crippen LogP contribution >= 0.6 is 11.6 Å². The van der Waals surface area contributed by atoms with Gasteiger partial charge in [-0.15, -0.1) is 0 Å². The molecule has 1 fully saturated rings. The Labute approximate surface area is 106 Å². The van der Waals surface area contributed by atoms with Crippen LogP contribution in [0.2, 0.25) is 5.02 Å². The molecule has 1 aliphatic heterocycles. The van der Waals surface area contributed by atoms with E-state index in [-0.39, 0.29) is 0 Å². The van der Waals surface area contributed by atoms with Crippen molar-refractivity contribution in [3.8, 4) is 11.5 Å². The van der Waals surface area contributed by atoms with Crippen molar-refractivity contribution in [1.29, 1.82) is 0 Å². The monoisotopic (exact) mass is 250 g/mol. The number of rotatable bonds is 2. The molecule has 0 N–H and O–H groups in total. The molecule has 1 aromatic rings. The van der Waals surface area contributed by atoms with E-state index in [9.17, 15) is 0 Å². The van der Waals surface area contributed by atoms with Gasteiger partial charge in [0.15, 0.2) is 0 Å². The number of halogens is 1. The SMILES string of the molecule is Clc1cc2c(cc1OC1CCCC1)OCC=C2. The van der Waals surface area contributed by atoms with Crippen molar-refractivity contribution in [3.63, 3.8) is 0 Å². The van der Waals surface area contributed by atoms with Crippen LogP contribution in [0.1, 0.15) is 31.2 Å². The van der Waals surface area contributed by atoms with E-state index in [1.165, 1.54) is 12.8 Å². The fourth-order valence-corrected chi connectivity index (χ4v) is 2.61. The Kier molecular flexibility index (Phi) is 2.98. The van der Waals surface area contributed by atoms with E-state index >= 15 is 0 Å². The average molecular weight is 251 g/mol. The fraction of sp³-hybridized carbons (Fsp3) is 0.429. The molecule has 1 aliphatic carbocycles. The third-order valence-corrected chi connectivity index (χ3v) is 3.59. The zero-order chi connectivity index (χ0) is 11.7. The quantitative estimate of drug-likeness (QED) is 0.788. The summed E-state index contributed by atoms with van der Waals surface area (Å²) < 4.78 is 11.5. The van der Waals surface area contributed by atoms with Gasteiger partial charge in [-0.2, -0.15) is 0 Å². The fourth-order valence-electron chi connectivity index (χ4n) is 2.39. The van der Waals surface area contributed by atoms with Gasteiger partial charge in [0.25, 0.3) is 0 Å². The molecule has 1 heterocycles. The van der Waals surface area contributed by atoms with E-state index in [1.54, 1.807) is 0 Å². The van der Waals surface area contributed by atoms with Crippen LogP contribution in [-0.4, -0.2) is 12.7 Å². The smallest absolute Gasteiger partial charge is 0.142 e. The lowest BCUT2D eigenvalue weighted by molar-refractivity contribution is 0.209. The summed E-state index contributed by atoms with van der Waals surface area (Å²) >= 11 is 6.23. The Morgan fingerprint density at radius 2 is 2.06 bits per heavy atom. The van der Waals surface area contributed by atoms with Crippen LogP contribution < -0.4 is 9.47 Å². The summed E-state index contributed by atoms with van der Waals surface area (Å²) in [6.45, 7) is 0.623. The number of fused-ring (bicyclic) bond motifs is 1. The van der Waals surface area contributed by atoms with Gasteiger partial charge in [-0.3, -0.25) is 0 Å². The second-order valence-corrected chi connectivity index (χ2v) is 4.97. The molecule has 1 saturated carbocycles. The third kappa shape index (κ3) is 2.27. The van der Waals surface area contributed by atoms with Crippen molar-refractivity contribution in [2.75, 3.05) is 6.61 Å². The minimum absolute atomic E-state index is 0.324. The molecule has 0 bridgehead atoms. The highest BCUT2D eigenvalue weighted by Crippen LogP contribution is 2.36. The Hall–Kier alpha value is -1.15. The van der Waals surface area contributed by atoms with Crippen molar-refractivity contribution < 1.29 is 9.47 Å². The molecule has 0 saturated heterocycles. The molecule has 17 heavy (non-hydrogen) atoms. The summed E-state index contributed by atoms with van der Waals surface area (Å²) in [6, 6.07) is 3.83. The summed E-state index contributed by atoms with van der Waals surface area (Å²) in [6.07, 6.45) is 9.12. The van der Waals surface area contributed by atoms with Gasteiger partial charge in [-0.25, -0.2) is 0 Å². The Balaban J connectivity index is 1.86. The summed E-state index contributed by atoms with van der Waals surface area (Å²) in [5.41, 5.74) is 1.03. The lowest BCUT2D eigenvalue weighted by Gasteiger charge is -2.18. The highest BCUT2D eigenvalue weighted by Gasteiger charge is 2.19. The van der Waals surface area contributed by atoms with Crippen molar-refractivity contribution in [2.45, 2.75) is 31.8 Å². The van der Waals surface area contributed by atoms with Crippen molar-refractivity contribution in [1.82, 2.24) is 0 Å². The second kappa shape index (κ2) is 4.61. The van der Waals surface area contributed by atoms with E-state index < -0.39 is 0 Å². The van der Waals surface area contributed by atoms with Crippen LogP contribution in [-0.2, 0) is 0 Å². The molecule has 3 heteroatoms. The van der Waals surface area contributed by atoms with Gasteiger partial charge in [0, 0.05) is 11.6 Å². The van der Waals surface area contributed by atoms with Crippen LogP contribution in [0.25, 0.3) is 6.08 Å². The molecule has 3 rings (SSSR count).